The molecule has 2 nitrogen and oxygen atoms in total. The summed E-state index contributed by atoms with van der Waals surface area (Å²) >= 11 is 0. The lowest BCUT2D eigenvalue weighted by Crippen LogP contribution is -2.20. The van der Waals surface area contributed by atoms with E-state index in [0.29, 0.717) is 12.8 Å². The molecule has 0 aliphatic rings. The van der Waals surface area contributed by atoms with Crippen LogP contribution in [0.3, 0.4) is 0 Å². The van der Waals surface area contributed by atoms with E-state index < -0.39 is 40.9 Å². The molecule has 0 aromatic heterocycles. The third-order valence-corrected chi connectivity index (χ3v) is 4.44. The summed E-state index contributed by atoms with van der Waals surface area (Å²) in [7, 11) is 0. The number of halogens is 4. The lowest BCUT2D eigenvalue weighted by molar-refractivity contribution is 0.0369. The van der Waals surface area contributed by atoms with E-state index in [1.807, 2.05) is 60.7 Å². The first-order chi connectivity index (χ1) is 14.5. The molecule has 0 aliphatic heterocycles. The van der Waals surface area contributed by atoms with Crippen molar-refractivity contribution in [2.24, 2.45) is 0 Å². The SMILES string of the molecule is O=C(OC(/C=C/c1ccccc1)CCc1ccccc1)c1c(F)cc(F)c(F)c1F. The van der Waals surface area contributed by atoms with E-state index in [1.165, 1.54) is 0 Å². The molecule has 3 rings (SSSR count). The number of benzene rings is 3. The Bertz CT molecular complexity index is 1030. The molecule has 0 saturated heterocycles. The van der Waals surface area contributed by atoms with Crippen molar-refractivity contribution in [3.05, 3.63) is 113 Å². The van der Waals surface area contributed by atoms with Crippen molar-refractivity contribution in [3.63, 3.8) is 0 Å². The summed E-state index contributed by atoms with van der Waals surface area (Å²) in [5, 5.41) is 0. The minimum atomic E-state index is -1.93. The lowest BCUT2D eigenvalue weighted by Gasteiger charge is -2.15. The molecule has 0 bridgehead atoms. The molecule has 6 heteroatoms. The molecule has 1 atom stereocenters. The fourth-order valence-electron chi connectivity index (χ4n) is 2.88. The monoisotopic (exact) mass is 414 g/mol. The first-order valence-electron chi connectivity index (χ1n) is 9.27. The fraction of sp³-hybridized carbons (Fsp3) is 0.125. The largest absolute Gasteiger partial charge is 0.454 e. The Labute approximate surface area is 171 Å². The quantitative estimate of drug-likeness (QED) is 0.202. The number of esters is 1. The van der Waals surface area contributed by atoms with E-state index in [0.717, 1.165) is 11.1 Å². The van der Waals surface area contributed by atoms with Crippen molar-refractivity contribution in [2.45, 2.75) is 18.9 Å². The molecule has 0 fully saturated rings. The Morgan fingerprint density at radius 1 is 0.867 bits per heavy atom. The summed E-state index contributed by atoms with van der Waals surface area (Å²) in [6.07, 6.45) is 3.31. The number of ether oxygens (including phenoxy) is 1. The molecule has 3 aromatic carbocycles. The van der Waals surface area contributed by atoms with E-state index in [-0.39, 0.29) is 6.07 Å². The molecule has 1 unspecified atom stereocenters. The van der Waals surface area contributed by atoms with Crippen LogP contribution in [0.2, 0.25) is 0 Å². The first kappa shape index (κ1) is 21.3. The Balaban J connectivity index is 1.81. The van der Waals surface area contributed by atoms with Gasteiger partial charge in [0.2, 0.25) is 0 Å². The van der Waals surface area contributed by atoms with Gasteiger partial charge < -0.3 is 4.74 Å². The van der Waals surface area contributed by atoms with Gasteiger partial charge in [-0.25, -0.2) is 22.4 Å². The maximum Gasteiger partial charge on any atom is 0.344 e. The van der Waals surface area contributed by atoms with Gasteiger partial charge in [-0.15, -0.1) is 0 Å². The number of carbonyl (C=O) groups excluding carboxylic acids is 1. The molecule has 3 aromatic rings. The highest BCUT2D eigenvalue weighted by Gasteiger charge is 2.27. The van der Waals surface area contributed by atoms with Crippen molar-refractivity contribution in [1.82, 2.24) is 0 Å². The zero-order chi connectivity index (χ0) is 21.5. The van der Waals surface area contributed by atoms with Crippen LogP contribution in [0.25, 0.3) is 6.08 Å². The minimum Gasteiger partial charge on any atom is -0.454 e. The van der Waals surface area contributed by atoms with Gasteiger partial charge in [-0.3, -0.25) is 0 Å². The average Bonchev–Trinajstić information content (AvgIpc) is 2.75. The van der Waals surface area contributed by atoms with Gasteiger partial charge in [0.1, 0.15) is 17.5 Å². The number of carbonyl (C=O) groups is 1. The van der Waals surface area contributed by atoms with Crippen molar-refractivity contribution in [2.75, 3.05) is 0 Å². The Hall–Kier alpha value is -3.41. The normalized spacial score (nSPS) is 12.1. The Morgan fingerprint density at radius 3 is 2.17 bits per heavy atom. The van der Waals surface area contributed by atoms with Gasteiger partial charge in [-0.1, -0.05) is 66.7 Å². The van der Waals surface area contributed by atoms with Crippen molar-refractivity contribution >= 4 is 12.0 Å². The highest BCUT2D eigenvalue weighted by Crippen LogP contribution is 2.21. The zero-order valence-electron chi connectivity index (χ0n) is 15.8. The third kappa shape index (κ3) is 5.35. The highest BCUT2D eigenvalue weighted by atomic mass is 19.2. The smallest absolute Gasteiger partial charge is 0.344 e. The van der Waals surface area contributed by atoms with Crippen LogP contribution in [-0.4, -0.2) is 12.1 Å². The number of rotatable bonds is 7. The van der Waals surface area contributed by atoms with E-state index in [4.69, 9.17) is 4.74 Å². The second kappa shape index (κ2) is 9.87. The van der Waals surface area contributed by atoms with Gasteiger partial charge >= 0.3 is 5.97 Å². The number of hydrogen-bond acceptors (Lipinski definition) is 2. The van der Waals surface area contributed by atoms with Crippen LogP contribution < -0.4 is 0 Å². The summed E-state index contributed by atoms with van der Waals surface area (Å²) in [4.78, 5) is 12.4. The van der Waals surface area contributed by atoms with Crippen LogP contribution in [0.4, 0.5) is 17.6 Å². The lowest BCUT2D eigenvalue weighted by atomic mass is 10.1. The number of hydrogen-bond donors (Lipinski definition) is 0. The average molecular weight is 414 g/mol. The van der Waals surface area contributed by atoms with Crippen LogP contribution >= 0.6 is 0 Å². The van der Waals surface area contributed by atoms with Crippen molar-refractivity contribution in [1.29, 1.82) is 0 Å². The second-order valence-electron chi connectivity index (χ2n) is 6.58. The summed E-state index contributed by atoms with van der Waals surface area (Å²) < 4.78 is 59.7. The Morgan fingerprint density at radius 2 is 1.50 bits per heavy atom. The molecular formula is C24H18F4O2. The van der Waals surface area contributed by atoms with Gasteiger partial charge in [0.15, 0.2) is 17.5 Å². The summed E-state index contributed by atoms with van der Waals surface area (Å²) in [5.41, 5.74) is 0.562. The fourth-order valence-corrected chi connectivity index (χ4v) is 2.88. The zero-order valence-corrected chi connectivity index (χ0v) is 15.8. The molecule has 0 heterocycles. The van der Waals surface area contributed by atoms with Crippen LogP contribution in [0.15, 0.2) is 72.8 Å². The van der Waals surface area contributed by atoms with Gasteiger partial charge in [0.05, 0.1) is 0 Å². The van der Waals surface area contributed by atoms with Crippen molar-refractivity contribution in [3.8, 4) is 0 Å². The van der Waals surface area contributed by atoms with Crippen LogP contribution in [0.1, 0.15) is 27.9 Å². The van der Waals surface area contributed by atoms with E-state index in [2.05, 4.69) is 0 Å². The van der Waals surface area contributed by atoms with Gasteiger partial charge in [0, 0.05) is 6.07 Å². The van der Waals surface area contributed by atoms with Gasteiger partial charge in [-0.05, 0) is 30.0 Å². The van der Waals surface area contributed by atoms with Crippen LogP contribution in [0.5, 0.6) is 0 Å². The molecule has 30 heavy (non-hydrogen) atoms. The highest BCUT2D eigenvalue weighted by molar-refractivity contribution is 5.90. The molecule has 0 N–H and O–H groups in total. The summed E-state index contributed by atoms with van der Waals surface area (Å²) in [5.74, 6) is -8.48. The van der Waals surface area contributed by atoms with Crippen LogP contribution in [0, 0.1) is 23.3 Å². The molecular weight excluding hydrogens is 396 g/mol. The van der Waals surface area contributed by atoms with Gasteiger partial charge in [-0.2, -0.15) is 0 Å². The van der Waals surface area contributed by atoms with Gasteiger partial charge in [0.25, 0.3) is 0 Å². The molecule has 0 spiro atoms. The third-order valence-electron chi connectivity index (χ3n) is 4.44. The molecule has 0 radical (unpaired) electrons. The summed E-state index contributed by atoms with van der Waals surface area (Å²) in [6, 6.07) is 18.7. The maximum absolute atomic E-state index is 14.0. The van der Waals surface area contributed by atoms with E-state index >= 15 is 0 Å². The molecule has 0 aliphatic carbocycles. The second-order valence-corrected chi connectivity index (χ2v) is 6.58. The van der Waals surface area contributed by atoms with Crippen LogP contribution in [-0.2, 0) is 11.2 Å². The topological polar surface area (TPSA) is 26.3 Å². The standard InChI is InChI=1S/C24H18F4O2/c25-19-15-20(26)22(27)23(28)21(19)24(29)30-18(13-11-16-7-3-1-4-8-16)14-12-17-9-5-2-6-10-17/h1-11,13,15,18H,12,14H2/b13-11+. The molecule has 0 saturated carbocycles. The Kier molecular flexibility index (Phi) is 7.01. The number of aryl methyl sites for hydroxylation is 1. The van der Waals surface area contributed by atoms with Crippen molar-refractivity contribution < 1.29 is 27.1 Å². The van der Waals surface area contributed by atoms with E-state index in [9.17, 15) is 22.4 Å². The molecule has 154 valence electrons. The predicted molar refractivity (Wildman–Crippen MR) is 106 cm³/mol. The molecule has 0 amide bonds. The first-order valence-corrected chi connectivity index (χ1v) is 9.27. The van der Waals surface area contributed by atoms with E-state index in [1.54, 1.807) is 12.2 Å². The summed E-state index contributed by atoms with van der Waals surface area (Å²) in [6.45, 7) is 0. The maximum atomic E-state index is 14.0. The minimum absolute atomic E-state index is 0.119. The predicted octanol–water partition coefficient (Wildman–Crippen LogP) is 6.11.